The highest BCUT2D eigenvalue weighted by molar-refractivity contribution is 6.09. The molecular formula is C15H22N4O6. The topological polar surface area (TPSA) is 148 Å². The van der Waals surface area contributed by atoms with Crippen molar-refractivity contribution >= 4 is 29.8 Å². The van der Waals surface area contributed by atoms with Crippen LogP contribution in [0.1, 0.15) is 33.6 Å². The second kappa shape index (κ2) is 6.69. The van der Waals surface area contributed by atoms with Gasteiger partial charge in [-0.3, -0.25) is 24.6 Å². The van der Waals surface area contributed by atoms with Crippen LogP contribution in [0.25, 0.3) is 0 Å². The van der Waals surface area contributed by atoms with Crippen LogP contribution in [0.5, 0.6) is 0 Å². The van der Waals surface area contributed by atoms with E-state index in [4.69, 9.17) is 10.5 Å². The second-order valence-electron chi connectivity index (χ2n) is 6.81. The fraction of sp³-hybridized carbons (Fsp3) is 0.667. The molecule has 2 aliphatic rings. The lowest BCUT2D eigenvalue weighted by molar-refractivity contribution is -0.159. The van der Waals surface area contributed by atoms with Crippen LogP contribution in [-0.2, 0) is 19.1 Å². The zero-order chi connectivity index (χ0) is 18.9. The van der Waals surface area contributed by atoms with Gasteiger partial charge < -0.3 is 15.8 Å². The van der Waals surface area contributed by atoms with Gasteiger partial charge in [0.25, 0.3) is 11.8 Å². The molecule has 2 fully saturated rings. The maximum atomic E-state index is 12.4. The number of nitrogens with one attached hydrogen (secondary N) is 2. The summed E-state index contributed by atoms with van der Waals surface area (Å²) >= 11 is 0. The highest BCUT2D eigenvalue weighted by Gasteiger charge is 2.56. The van der Waals surface area contributed by atoms with Crippen molar-refractivity contribution in [1.29, 1.82) is 0 Å². The van der Waals surface area contributed by atoms with Gasteiger partial charge in [-0.05, 0) is 31.6 Å². The van der Waals surface area contributed by atoms with E-state index in [1.165, 1.54) is 0 Å². The number of rotatable bonds is 6. The molecule has 1 aliphatic carbocycles. The molecule has 1 heterocycles. The summed E-state index contributed by atoms with van der Waals surface area (Å²) in [5, 5.41) is 4.45. The van der Waals surface area contributed by atoms with E-state index in [0.29, 0.717) is 0 Å². The minimum Gasteiger partial charge on any atom is -0.451 e. The van der Waals surface area contributed by atoms with Crippen molar-refractivity contribution in [3.63, 3.8) is 0 Å². The lowest BCUT2D eigenvalue weighted by atomic mass is 9.96. The van der Waals surface area contributed by atoms with Crippen molar-refractivity contribution in [2.45, 2.75) is 45.3 Å². The van der Waals surface area contributed by atoms with E-state index < -0.39 is 54.0 Å². The Morgan fingerprint density at radius 1 is 1.36 bits per heavy atom. The molecule has 0 aromatic heterocycles. The average molecular weight is 354 g/mol. The first kappa shape index (κ1) is 18.7. The lowest BCUT2D eigenvalue weighted by Gasteiger charge is -2.22. The minimum absolute atomic E-state index is 0.0646. The van der Waals surface area contributed by atoms with Crippen LogP contribution in [0.3, 0.4) is 0 Å². The number of carbonyl (C=O) groups excluding carboxylic acids is 5. The van der Waals surface area contributed by atoms with Crippen molar-refractivity contribution in [3.8, 4) is 0 Å². The van der Waals surface area contributed by atoms with Crippen LogP contribution in [0.15, 0.2) is 0 Å². The third kappa shape index (κ3) is 3.89. The van der Waals surface area contributed by atoms with Gasteiger partial charge in [0.1, 0.15) is 12.1 Å². The van der Waals surface area contributed by atoms with Gasteiger partial charge in [0.15, 0.2) is 6.10 Å². The quantitative estimate of drug-likeness (QED) is 0.431. The molecule has 0 radical (unpaired) electrons. The maximum absolute atomic E-state index is 12.4. The van der Waals surface area contributed by atoms with Crippen molar-refractivity contribution in [2.24, 2.45) is 17.6 Å². The number of esters is 1. The van der Waals surface area contributed by atoms with Gasteiger partial charge in [-0.2, -0.15) is 0 Å². The van der Waals surface area contributed by atoms with Gasteiger partial charge in [-0.15, -0.1) is 0 Å². The molecular weight excluding hydrogens is 332 g/mol. The summed E-state index contributed by atoms with van der Waals surface area (Å²) < 4.78 is 5.04. The number of imide groups is 2. The van der Waals surface area contributed by atoms with Crippen LogP contribution in [0.2, 0.25) is 0 Å². The lowest BCUT2D eigenvalue weighted by Crippen LogP contribution is -2.48. The summed E-state index contributed by atoms with van der Waals surface area (Å²) in [6.07, 6.45) is 0.406. The molecule has 1 saturated carbocycles. The normalized spacial score (nSPS) is 24.1. The highest BCUT2D eigenvalue weighted by Crippen LogP contribution is 2.42. The van der Waals surface area contributed by atoms with E-state index >= 15 is 0 Å². The molecule has 0 aromatic carbocycles. The Labute approximate surface area is 144 Å². The molecule has 4 N–H and O–H groups in total. The number of hydrogen-bond acceptors (Lipinski definition) is 6. The number of ether oxygens (including phenoxy) is 1. The van der Waals surface area contributed by atoms with Crippen LogP contribution in [-0.4, -0.2) is 52.9 Å². The summed E-state index contributed by atoms with van der Waals surface area (Å²) in [6.45, 7) is 4.24. The molecule has 2 rings (SSSR count). The number of carbonyl (C=O) groups is 5. The summed E-state index contributed by atoms with van der Waals surface area (Å²) in [5.74, 6) is -2.66. The molecule has 0 unspecified atom stereocenters. The summed E-state index contributed by atoms with van der Waals surface area (Å²) in [7, 11) is 0. The van der Waals surface area contributed by atoms with Gasteiger partial charge >= 0.3 is 18.0 Å². The maximum Gasteiger partial charge on any atom is 0.327 e. The molecule has 2 atom stereocenters. The Kier molecular flexibility index (Phi) is 5.00. The van der Waals surface area contributed by atoms with E-state index in [2.05, 4.69) is 5.32 Å². The molecule has 0 spiro atoms. The second-order valence-corrected chi connectivity index (χ2v) is 6.81. The van der Waals surface area contributed by atoms with E-state index in [1.54, 1.807) is 20.8 Å². The molecule has 10 heteroatoms. The van der Waals surface area contributed by atoms with Gasteiger partial charge in [0.05, 0.1) is 0 Å². The summed E-state index contributed by atoms with van der Waals surface area (Å²) in [6, 6.07) is -1.74. The van der Waals surface area contributed by atoms with Crippen LogP contribution in [0, 0.1) is 11.8 Å². The fourth-order valence-corrected chi connectivity index (χ4v) is 2.79. The zero-order valence-electron chi connectivity index (χ0n) is 14.3. The number of urea groups is 2. The van der Waals surface area contributed by atoms with E-state index in [-0.39, 0.29) is 5.92 Å². The molecule has 6 amide bonds. The Morgan fingerprint density at radius 3 is 2.44 bits per heavy atom. The molecule has 138 valence electrons. The number of nitrogens with zero attached hydrogens (tertiary/aromatic N) is 1. The zero-order valence-corrected chi connectivity index (χ0v) is 14.3. The van der Waals surface area contributed by atoms with Crippen LogP contribution in [0.4, 0.5) is 9.59 Å². The number of primary amides is 1. The van der Waals surface area contributed by atoms with Crippen LogP contribution < -0.4 is 16.4 Å². The molecule has 1 aliphatic heterocycles. The number of nitrogens with two attached hydrogens (primary N) is 1. The predicted molar refractivity (Wildman–Crippen MR) is 83.8 cm³/mol. The largest absolute Gasteiger partial charge is 0.451 e. The average Bonchev–Trinajstić information content (AvgIpc) is 3.30. The van der Waals surface area contributed by atoms with Crippen molar-refractivity contribution in [1.82, 2.24) is 15.5 Å². The molecule has 0 aromatic rings. The molecule has 1 saturated heterocycles. The third-order valence-corrected chi connectivity index (χ3v) is 4.35. The first-order valence-corrected chi connectivity index (χ1v) is 8.00. The highest BCUT2D eigenvalue weighted by atomic mass is 16.5. The van der Waals surface area contributed by atoms with Gasteiger partial charge in [0.2, 0.25) is 0 Å². The first-order valence-electron chi connectivity index (χ1n) is 8.00. The molecule has 25 heavy (non-hydrogen) atoms. The number of hydrogen-bond donors (Lipinski definition) is 3. The molecule has 0 bridgehead atoms. The monoisotopic (exact) mass is 354 g/mol. The van der Waals surface area contributed by atoms with Crippen LogP contribution >= 0.6 is 0 Å². The van der Waals surface area contributed by atoms with E-state index in [1.807, 2.05) is 5.32 Å². The Morgan fingerprint density at radius 2 is 1.96 bits per heavy atom. The van der Waals surface area contributed by atoms with Crippen molar-refractivity contribution < 1.29 is 28.7 Å². The summed E-state index contributed by atoms with van der Waals surface area (Å²) in [4.78, 5) is 60.0. The van der Waals surface area contributed by atoms with Gasteiger partial charge in [-0.25, -0.2) is 9.59 Å². The Balaban J connectivity index is 2.00. The van der Waals surface area contributed by atoms with Crippen molar-refractivity contribution in [3.05, 3.63) is 0 Å². The first-order chi connectivity index (χ1) is 11.6. The van der Waals surface area contributed by atoms with Crippen molar-refractivity contribution in [2.75, 3.05) is 6.54 Å². The Bertz CT molecular complexity index is 630. The smallest absolute Gasteiger partial charge is 0.327 e. The minimum atomic E-state index is -1.27. The third-order valence-electron chi connectivity index (χ3n) is 4.35. The van der Waals surface area contributed by atoms with E-state index in [9.17, 15) is 24.0 Å². The Hall–Kier alpha value is -2.65. The fourth-order valence-electron chi connectivity index (χ4n) is 2.79. The number of amides is 6. The van der Waals surface area contributed by atoms with Gasteiger partial charge in [-0.1, -0.05) is 13.8 Å². The predicted octanol–water partition coefficient (Wildman–Crippen LogP) is -0.530. The molecule has 10 nitrogen and oxygen atoms in total. The standard InChI is InChI=1S/C15H22N4O6/c1-7(2)10(11(21)17-13(16)23)25-9(20)6-19-12(22)15(3,8-4-5-8)18-14(19)24/h7-8,10H,4-6H2,1-3H3,(H,18,24)(H3,16,17,21,23)/t10-,15+/m1/s1. The van der Waals surface area contributed by atoms with E-state index in [0.717, 1.165) is 17.7 Å². The van der Waals surface area contributed by atoms with Gasteiger partial charge in [0, 0.05) is 0 Å². The summed E-state index contributed by atoms with van der Waals surface area (Å²) in [5.41, 5.74) is 3.88. The SMILES string of the molecule is CC(C)[C@@H](OC(=O)CN1C(=O)N[C@@](C)(C2CC2)C1=O)C(=O)NC(N)=O.